The number of carbonyl (C=O) groups excluding carboxylic acids is 1. The first-order valence-electron chi connectivity index (χ1n) is 6.77. The zero-order valence-electron chi connectivity index (χ0n) is 12.5. The molecular formula is C13H22N4O3S. The van der Waals surface area contributed by atoms with Crippen molar-refractivity contribution in [1.29, 1.82) is 0 Å². The summed E-state index contributed by atoms with van der Waals surface area (Å²) in [7, 11) is -3.58. The number of hydrogen-bond acceptors (Lipinski definition) is 5. The van der Waals surface area contributed by atoms with Crippen LogP contribution >= 0.6 is 0 Å². The van der Waals surface area contributed by atoms with E-state index in [1.807, 2.05) is 20.8 Å². The molecule has 0 aliphatic carbocycles. The first kappa shape index (κ1) is 17.4. The van der Waals surface area contributed by atoms with E-state index < -0.39 is 10.0 Å². The molecule has 0 aromatic carbocycles. The fourth-order valence-electron chi connectivity index (χ4n) is 1.66. The van der Waals surface area contributed by atoms with Gasteiger partial charge in [-0.3, -0.25) is 4.79 Å². The molecule has 0 spiro atoms. The van der Waals surface area contributed by atoms with Crippen LogP contribution in [0.4, 0.5) is 5.82 Å². The first-order chi connectivity index (χ1) is 9.73. The van der Waals surface area contributed by atoms with Crippen molar-refractivity contribution in [1.82, 2.24) is 10.3 Å². The summed E-state index contributed by atoms with van der Waals surface area (Å²) in [5.41, 5.74) is 1.24. The Bertz CT molecular complexity index is 599. The van der Waals surface area contributed by atoms with Crippen molar-refractivity contribution >= 4 is 21.7 Å². The van der Waals surface area contributed by atoms with Crippen LogP contribution in [0.25, 0.3) is 0 Å². The lowest BCUT2D eigenvalue weighted by Gasteiger charge is -2.12. The highest BCUT2D eigenvalue weighted by molar-refractivity contribution is 7.89. The molecule has 0 atom stereocenters. The number of anilines is 1. The molecule has 21 heavy (non-hydrogen) atoms. The van der Waals surface area contributed by atoms with Gasteiger partial charge in [-0.25, -0.2) is 18.5 Å². The van der Waals surface area contributed by atoms with Gasteiger partial charge >= 0.3 is 0 Å². The van der Waals surface area contributed by atoms with Crippen molar-refractivity contribution in [2.24, 2.45) is 5.14 Å². The number of primary sulfonamides is 1. The van der Waals surface area contributed by atoms with Crippen molar-refractivity contribution in [2.45, 2.75) is 26.7 Å². The third kappa shape index (κ3) is 6.09. The van der Waals surface area contributed by atoms with E-state index in [-0.39, 0.29) is 24.1 Å². The van der Waals surface area contributed by atoms with Crippen LogP contribution in [0, 0.1) is 0 Å². The third-order valence-electron chi connectivity index (χ3n) is 2.73. The van der Waals surface area contributed by atoms with Crippen LogP contribution in [0.1, 0.15) is 42.7 Å². The summed E-state index contributed by atoms with van der Waals surface area (Å²) in [6, 6.07) is 3.35. The fraction of sp³-hybridized carbons (Fsp3) is 0.538. The van der Waals surface area contributed by atoms with Crippen LogP contribution in [-0.2, 0) is 10.0 Å². The number of hydrogen-bond donors (Lipinski definition) is 3. The van der Waals surface area contributed by atoms with E-state index in [1.54, 1.807) is 12.1 Å². The molecule has 8 heteroatoms. The highest BCUT2D eigenvalue weighted by Gasteiger charge is 2.12. The molecule has 0 saturated carbocycles. The van der Waals surface area contributed by atoms with Crippen LogP contribution in [-0.4, -0.2) is 38.2 Å². The Morgan fingerprint density at radius 3 is 2.57 bits per heavy atom. The second-order valence-electron chi connectivity index (χ2n) is 4.97. The van der Waals surface area contributed by atoms with E-state index >= 15 is 0 Å². The molecule has 0 saturated heterocycles. The van der Waals surface area contributed by atoms with Gasteiger partial charge in [-0.2, -0.15) is 0 Å². The number of nitrogens with one attached hydrogen (secondary N) is 2. The highest BCUT2D eigenvalue weighted by Crippen LogP contribution is 2.17. The minimum atomic E-state index is -3.58. The average Bonchev–Trinajstić information content (AvgIpc) is 2.37. The van der Waals surface area contributed by atoms with E-state index in [0.717, 1.165) is 5.69 Å². The molecule has 0 aliphatic rings. The van der Waals surface area contributed by atoms with Crippen molar-refractivity contribution in [3.63, 3.8) is 0 Å². The average molecular weight is 314 g/mol. The zero-order valence-corrected chi connectivity index (χ0v) is 13.3. The minimum absolute atomic E-state index is 0.0203. The number of amides is 1. The SMILES string of the molecule is CCNc1cc(C(=O)NCCS(N)(=O)=O)cc(C(C)C)n1. The van der Waals surface area contributed by atoms with Gasteiger partial charge < -0.3 is 10.6 Å². The number of rotatable bonds is 7. The van der Waals surface area contributed by atoms with Crippen LogP contribution in [0.3, 0.4) is 0 Å². The molecule has 1 heterocycles. The van der Waals surface area contributed by atoms with Gasteiger partial charge in [0.2, 0.25) is 10.0 Å². The molecule has 0 radical (unpaired) electrons. The fourth-order valence-corrected chi connectivity index (χ4v) is 2.05. The maximum absolute atomic E-state index is 12.1. The lowest BCUT2D eigenvalue weighted by Crippen LogP contribution is -2.31. The molecule has 1 amide bonds. The molecule has 0 bridgehead atoms. The Kier molecular flexibility index (Phi) is 6.10. The number of nitrogens with two attached hydrogens (primary N) is 1. The molecule has 1 aromatic rings. The Morgan fingerprint density at radius 1 is 1.38 bits per heavy atom. The maximum Gasteiger partial charge on any atom is 0.251 e. The molecular weight excluding hydrogens is 292 g/mol. The standard InChI is InChI=1S/C13H22N4O3S/c1-4-15-12-8-10(7-11(17-12)9(2)3)13(18)16-5-6-21(14,19)20/h7-9H,4-6H2,1-3H3,(H,15,17)(H,16,18)(H2,14,19,20). The third-order valence-corrected chi connectivity index (χ3v) is 3.50. The van der Waals surface area contributed by atoms with Gasteiger partial charge in [0.05, 0.1) is 5.75 Å². The molecule has 7 nitrogen and oxygen atoms in total. The monoisotopic (exact) mass is 314 g/mol. The van der Waals surface area contributed by atoms with E-state index in [2.05, 4.69) is 15.6 Å². The Hall–Kier alpha value is -1.67. The quantitative estimate of drug-likeness (QED) is 0.684. The molecule has 0 aliphatic heterocycles. The summed E-state index contributed by atoms with van der Waals surface area (Å²) < 4.78 is 21.7. The Balaban J connectivity index is 2.87. The summed E-state index contributed by atoms with van der Waals surface area (Å²) in [6.45, 7) is 6.59. The lowest BCUT2D eigenvalue weighted by atomic mass is 10.1. The number of carbonyl (C=O) groups is 1. The minimum Gasteiger partial charge on any atom is -0.370 e. The molecule has 0 fully saturated rings. The van der Waals surface area contributed by atoms with E-state index in [1.165, 1.54) is 0 Å². The Morgan fingerprint density at radius 2 is 2.05 bits per heavy atom. The largest absolute Gasteiger partial charge is 0.370 e. The predicted octanol–water partition coefficient (Wildman–Crippen LogP) is 0.655. The summed E-state index contributed by atoms with van der Waals surface area (Å²) in [4.78, 5) is 16.5. The number of sulfonamides is 1. The second kappa shape index (κ2) is 7.37. The predicted molar refractivity (Wildman–Crippen MR) is 82.8 cm³/mol. The van der Waals surface area contributed by atoms with E-state index in [0.29, 0.717) is 17.9 Å². The van der Waals surface area contributed by atoms with E-state index in [4.69, 9.17) is 5.14 Å². The molecule has 1 aromatic heterocycles. The molecule has 4 N–H and O–H groups in total. The number of aromatic nitrogens is 1. The molecule has 118 valence electrons. The summed E-state index contributed by atoms with van der Waals surface area (Å²) in [6.07, 6.45) is 0. The topological polar surface area (TPSA) is 114 Å². The highest BCUT2D eigenvalue weighted by atomic mass is 32.2. The molecule has 1 rings (SSSR count). The number of nitrogens with zero attached hydrogens (tertiary/aromatic N) is 1. The first-order valence-corrected chi connectivity index (χ1v) is 8.49. The smallest absolute Gasteiger partial charge is 0.251 e. The van der Waals surface area contributed by atoms with Crippen LogP contribution in [0.15, 0.2) is 12.1 Å². The van der Waals surface area contributed by atoms with Crippen molar-refractivity contribution in [2.75, 3.05) is 24.2 Å². The summed E-state index contributed by atoms with van der Waals surface area (Å²) in [5, 5.41) is 10.5. The van der Waals surface area contributed by atoms with Crippen molar-refractivity contribution < 1.29 is 13.2 Å². The second-order valence-corrected chi connectivity index (χ2v) is 6.71. The van der Waals surface area contributed by atoms with Crippen molar-refractivity contribution in [3.8, 4) is 0 Å². The number of pyridine rings is 1. The van der Waals surface area contributed by atoms with Gasteiger partial charge in [-0.1, -0.05) is 13.8 Å². The van der Waals surface area contributed by atoms with Gasteiger partial charge in [0.25, 0.3) is 5.91 Å². The zero-order chi connectivity index (χ0) is 16.0. The summed E-state index contributed by atoms with van der Waals surface area (Å²) in [5.74, 6) is 0.169. The Labute approximate surface area is 125 Å². The van der Waals surface area contributed by atoms with Gasteiger partial charge in [0.15, 0.2) is 0 Å². The normalized spacial score (nSPS) is 11.5. The van der Waals surface area contributed by atoms with Crippen molar-refractivity contribution in [3.05, 3.63) is 23.4 Å². The van der Waals surface area contributed by atoms with Crippen LogP contribution in [0.5, 0.6) is 0 Å². The van der Waals surface area contributed by atoms with Gasteiger partial charge in [-0.05, 0) is 25.0 Å². The van der Waals surface area contributed by atoms with Gasteiger partial charge in [0, 0.05) is 24.3 Å². The lowest BCUT2D eigenvalue weighted by molar-refractivity contribution is 0.0956. The molecule has 0 unspecified atom stereocenters. The maximum atomic E-state index is 12.1. The van der Waals surface area contributed by atoms with Gasteiger partial charge in [0.1, 0.15) is 5.82 Å². The summed E-state index contributed by atoms with van der Waals surface area (Å²) >= 11 is 0. The van der Waals surface area contributed by atoms with Crippen LogP contribution in [0.2, 0.25) is 0 Å². The van der Waals surface area contributed by atoms with Gasteiger partial charge in [-0.15, -0.1) is 0 Å². The van der Waals surface area contributed by atoms with Crippen LogP contribution < -0.4 is 15.8 Å². The van der Waals surface area contributed by atoms with E-state index in [9.17, 15) is 13.2 Å².